The molecule has 0 bridgehead atoms. The Bertz CT molecular complexity index is 535. The minimum Gasteiger partial charge on any atom is -0.288 e. The molecule has 3 rings (SSSR count). The van der Waals surface area contributed by atoms with Gasteiger partial charge in [0, 0.05) is 11.5 Å². The lowest BCUT2D eigenvalue weighted by Crippen LogP contribution is -2.04. The Morgan fingerprint density at radius 3 is 2.39 bits per heavy atom. The van der Waals surface area contributed by atoms with E-state index in [1.807, 2.05) is 67.5 Å². The van der Waals surface area contributed by atoms with Crippen LogP contribution in [0.5, 0.6) is 0 Å². The van der Waals surface area contributed by atoms with Crippen LogP contribution >= 0.6 is 11.3 Å². The smallest absolute Gasteiger partial charge is 0.203 e. The molecule has 1 fully saturated rings. The van der Waals surface area contributed by atoms with E-state index in [1.165, 1.54) is 11.3 Å². The van der Waals surface area contributed by atoms with Crippen LogP contribution in [0.3, 0.4) is 0 Å². The molecule has 1 aliphatic rings. The molecule has 0 N–H and O–H groups in total. The van der Waals surface area contributed by atoms with Crippen molar-refractivity contribution in [3.63, 3.8) is 0 Å². The van der Waals surface area contributed by atoms with E-state index in [9.17, 15) is 4.79 Å². The number of thiophene rings is 1. The number of hydrogen-bond acceptors (Lipinski definition) is 2. The van der Waals surface area contributed by atoms with E-state index in [-0.39, 0.29) is 5.78 Å². The van der Waals surface area contributed by atoms with Crippen molar-refractivity contribution in [2.24, 2.45) is 0 Å². The standard InChI is InChI=1S/C16H11OS/c17-15(13-8-2-1-3-9-13)16-14(10-11-18-16)12-6-4-5-7-12/h1-11H. The van der Waals surface area contributed by atoms with Gasteiger partial charge >= 0.3 is 0 Å². The summed E-state index contributed by atoms with van der Waals surface area (Å²) in [6.07, 6.45) is 8.04. The summed E-state index contributed by atoms with van der Waals surface area (Å²) >= 11 is 1.50. The molecule has 1 aromatic heterocycles. The van der Waals surface area contributed by atoms with Crippen LogP contribution in [0.2, 0.25) is 0 Å². The van der Waals surface area contributed by atoms with Crippen molar-refractivity contribution < 1.29 is 4.79 Å². The average Bonchev–Trinajstić information content (AvgIpc) is 3.09. The van der Waals surface area contributed by atoms with Gasteiger partial charge in [0.25, 0.3) is 0 Å². The fourth-order valence-corrected chi connectivity index (χ4v) is 2.86. The van der Waals surface area contributed by atoms with Crippen LogP contribution in [0.25, 0.3) is 0 Å². The highest BCUT2D eigenvalue weighted by Gasteiger charge is 2.25. The quantitative estimate of drug-likeness (QED) is 0.760. The van der Waals surface area contributed by atoms with E-state index in [4.69, 9.17) is 0 Å². The number of benzene rings is 1. The van der Waals surface area contributed by atoms with Crippen molar-refractivity contribution in [3.05, 3.63) is 89.4 Å². The molecule has 2 aromatic rings. The molecular formula is C16H11OS. The maximum Gasteiger partial charge on any atom is 0.203 e. The molecule has 2 heteroatoms. The van der Waals surface area contributed by atoms with E-state index in [0.29, 0.717) is 0 Å². The van der Waals surface area contributed by atoms with E-state index < -0.39 is 0 Å². The van der Waals surface area contributed by atoms with Gasteiger partial charge in [-0.15, -0.1) is 11.3 Å². The molecule has 1 heterocycles. The van der Waals surface area contributed by atoms with Crippen molar-refractivity contribution >= 4 is 17.1 Å². The van der Waals surface area contributed by atoms with Crippen LogP contribution in [0.1, 0.15) is 20.8 Å². The lowest BCUT2D eigenvalue weighted by Gasteiger charge is -2.08. The highest BCUT2D eigenvalue weighted by molar-refractivity contribution is 7.12. The average molecular weight is 251 g/mol. The van der Waals surface area contributed by atoms with Gasteiger partial charge in [-0.2, -0.15) is 0 Å². The van der Waals surface area contributed by atoms with Crippen molar-refractivity contribution in [1.82, 2.24) is 0 Å². The monoisotopic (exact) mass is 251 g/mol. The normalized spacial score (nSPS) is 16.0. The van der Waals surface area contributed by atoms with E-state index in [1.54, 1.807) is 0 Å². The topological polar surface area (TPSA) is 17.1 Å². The molecule has 1 aliphatic carbocycles. The lowest BCUT2D eigenvalue weighted by atomic mass is 9.95. The molecule has 5 radical (unpaired) electrons. The largest absolute Gasteiger partial charge is 0.288 e. The predicted molar refractivity (Wildman–Crippen MR) is 73.7 cm³/mol. The molecule has 0 saturated heterocycles. The number of ketones is 1. The first-order valence-corrected chi connectivity index (χ1v) is 6.63. The molecule has 0 unspecified atom stereocenters. The third-order valence-corrected chi connectivity index (χ3v) is 3.79. The van der Waals surface area contributed by atoms with Crippen LogP contribution < -0.4 is 0 Å². The van der Waals surface area contributed by atoms with Gasteiger partial charge in [0.15, 0.2) is 0 Å². The molecule has 18 heavy (non-hydrogen) atoms. The minimum atomic E-state index is 0.0989. The molecule has 0 spiro atoms. The minimum absolute atomic E-state index is 0.0989. The second kappa shape index (κ2) is 5.07. The van der Waals surface area contributed by atoms with E-state index in [2.05, 4.69) is 0 Å². The molecule has 1 nitrogen and oxygen atoms in total. The maximum atomic E-state index is 12.4. The summed E-state index contributed by atoms with van der Waals surface area (Å²) in [5, 5.41) is 1.97. The zero-order valence-corrected chi connectivity index (χ0v) is 10.5. The predicted octanol–water partition coefficient (Wildman–Crippen LogP) is 3.73. The van der Waals surface area contributed by atoms with Crippen molar-refractivity contribution in [1.29, 1.82) is 0 Å². The van der Waals surface area contributed by atoms with Gasteiger partial charge in [0.2, 0.25) is 5.78 Å². The number of carbonyl (C=O) groups excluding carboxylic acids is 1. The Hall–Kier alpha value is -1.41. The molecule has 1 aromatic carbocycles. The zero-order chi connectivity index (χ0) is 12.4. The summed E-state index contributed by atoms with van der Waals surface area (Å²) in [5.41, 5.74) is 1.77. The first kappa shape index (κ1) is 11.7. The Balaban J connectivity index is 1.93. The number of hydrogen-bond donors (Lipinski definition) is 0. The second-order valence-corrected chi connectivity index (χ2v) is 4.95. The highest BCUT2D eigenvalue weighted by Crippen LogP contribution is 2.35. The molecule has 1 saturated carbocycles. The summed E-state index contributed by atoms with van der Waals surface area (Å²) in [7, 11) is 0. The van der Waals surface area contributed by atoms with E-state index >= 15 is 0 Å². The van der Waals surface area contributed by atoms with Gasteiger partial charge < -0.3 is 0 Å². The van der Waals surface area contributed by atoms with Gasteiger partial charge in [0.1, 0.15) is 0 Å². The van der Waals surface area contributed by atoms with Crippen molar-refractivity contribution in [2.45, 2.75) is 0 Å². The van der Waals surface area contributed by atoms with Crippen LogP contribution in [0.4, 0.5) is 0 Å². The Labute approximate surface area is 111 Å². The van der Waals surface area contributed by atoms with Crippen LogP contribution in [-0.4, -0.2) is 5.78 Å². The Kier molecular flexibility index (Phi) is 3.28. The SMILES string of the molecule is O=C(c1ccccc1)c1sccc1[C]1[CH][CH][CH][CH]1. The summed E-state index contributed by atoms with van der Waals surface area (Å²) in [5.74, 6) is 1.21. The van der Waals surface area contributed by atoms with Crippen molar-refractivity contribution in [2.75, 3.05) is 0 Å². The third-order valence-electron chi connectivity index (χ3n) is 2.88. The summed E-state index contributed by atoms with van der Waals surface area (Å²) < 4.78 is 0. The van der Waals surface area contributed by atoms with Gasteiger partial charge in [-0.3, -0.25) is 4.79 Å². The number of carbonyl (C=O) groups is 1. The maximum absolute atomic E-state index is 12.4. The first-order valence-electron chi connectivity index (χ1n) is 5.75. The molecular weight excluding hydrogens is 240 g/mol. The fraction of sp³-hybridized carbons (Fsp3) is 0. The third kappa shape index (κ3) is 2.13. The van der Waals surface area contributed by atoms with Gasteiger partial charge in [0.05, 0.1) is 4.88 Å². The van der Waals surface area contributed by atoms with Crippen LogP contribution in [-0.2, 0) is 0 Å². The molecule has 87 valence electrons. The molecule has 0 aliphatic heterocycles. The molecule has 0 amide bonds. The fourth-order valence-electron chi connectivity index (χ4n) is 1.99. The van der Waals surface area contributed by atoms with Crippen LogP contribution in [0.15, 0.2) is 41.8 Å². The molecule has 0 atom stereocenters. The summed E-state index contributed by atoms with van der Waals surface area (Å²) in [4.78, 5) is 13.2. The first-order chi connectivity index (χ1) is 8.86. The van der Waals surface area contributed by atoms with Gasteiger partial charge in [-0.25, -0.2) is 0 Å². The summed E-state index contributed by atoms with van der Waals surface area (Å²) in [6, 6.07) is 11.4. The van der Waals surface area contributed by atoms with Crippen molar-refractivity contribution in [3.8, 4) is 0 Å². The van der Waals surface area contributed by atoms with Gasteiger partial charge in [-0.05, 0) is 42.7 Å². The second-order valence-electron chi connectivity index (χ2n) is 4.03. The number of rotatable bonds is 3. The summed E-state index contributed by atoms with van der Waals surface area (Å²) in [6.45, 7) is 0. The van der Waals surface area contributed by atoms with E-state index in [0.717, 1.165) is 21.9 Å². The Morgan fingerprint density at radius 1 is 0.944 bits per heavy atom. The van der Waals surface area contributed by atoms with Crippen LogP contribution in [0, 0.1) is 31.6 Å². The zero-order valence-electron chi connectivity index (χ0n) is 9.67. The highest BCUT2D eigenvalue weighted by atomic mass is 32.1. The lowest BCUT2D eigenvalue weighted by molar-refractivity contribution is 0.104. The van der Waals surface area contributed by atoms with Gasteiger partial charge in [-0.1, -0.05) is 30.3 Å². The Morgan fingerprint density at radius 2 is 1.67 bits per heavy atom.